The van der Waals surface area contributed by atoms with Crippen molar-refractivity contribution in [3.63, 3.8) is 0 Å². The lowest BCUT2D eigenvalue weighted by Gasteiger charge is -2.29. The topological polar surface area (TPSA) is 79.1 Å². The van der Waals surface area contributed by atoms with Gasteiger partial charge in [-0.05, 0) is 49.2 Å². The van der Waals surface area contributed by atoms with Gasteiger partial charge in [-0.3, -0.25) is 4.79 Å². The van der Waals surface area contributed by atoms with Gasteiger partial charge in [0.1, 0.15) is 11.6 Å². The van der Waals surface area contributed by atoms with E-state index >= 15 is 0 Å². The number of aromatic nitrogens is 4. The van der Waals surface area contributed by atoms with Crippen LogP contribution in [0.3, 0.4) is 0 Å². The smallest absolute Gasteiger partial charge is 0.227 e. The SMILES string of the molecule is CCc1nc2ccc(N3CCC(C(=O)N4CCOCC4)C3)nn2c1N(C)c1nc(-c2ccc(F)cc2)cs1. The summed E-state index contributed by atoms with van der Waals surface area (Å²) in [5, 5.41) is 7.75. The van der Waals surface area contributed by atoms with E-state index < -0.39 is 0 Å². The molecule has 198 valence electrons. The van der Waals surface area contributed by atoms with Crippen LogP contribution in [0.15, 0.2) is 41.8 Å². The van der Waals surface area contributed by atoms with Gasteiger partial charge in [-0.2, -0.15) is 4.52 Å². The van der Waals surface area contributed by atoms with Crippen molar-refractivity contribution in [1.82, 2.24) is 24.5 Å². The zero-order chi connectivity index (χ0) is 26.2. The average molecular weight is 536 g/mol. The number of imidazole rings is 1. The Balaban J connectivity index is 1.26. The normalized spacial score (nSPS) is 17.9. The van der Waals surface area contributed by atoms with Crippen LogP contribution in [0.25, 0.3) is 16.9 Å². The van der Waals surface area contributed by atoms with Gasteiger partial charge in [0.05, 0.1) is 30.5 Å². The Bertz CT molecular complexity index is 1450. The molecule has 2 aliphatic rings. The van der Waals surface area contributed by atoms with Crippen LogP contribution in [0.2, 0.25) is 0 Å². The number of benzene rings is 1. The number of anilines is 3. The number of ether oxygens (including phenoxy) is 1. The van der Waals surface area contributed by atoms with Gasteiger partial charge in [-0.15, -0.1) is 16.4 Å². The van der Waals surface area contributed by atoms with Crippen molar-refractivity contribution >= 4 is 39.7 Å². The summed E-state index contributed by atoms with van der Waals surface area (Å²) in [6, 6.07) is 10.3. The first-order valence-electron chi connectivity index (χ1n) is 13.0. The Morgan fingerprint density at radius 3 is 2.68 bits per heavy atom. The molecular weight excluding hydrogens is 505 g/mol. The molecule has 0 aliphatic carbocycles. The van der Waals surface area contributed by atoms with Crippen LogP contribution < -0.4 is 9.80 Å². The molecule has 1 amide bonds. The standard InChI is InChI=1S/C27H30FN7O2S/c1-3-21-25(32(2)27-30-22(17-38-27)18-4-6-20(28)7-5-18)35-23(29-21)8-9-24(31-35)34-11-10-19(16-34)26(36)33-12-14-37-15-13-33/h4-9,17,19H,3,10-16H2,1-2H3. The second-order valence-electron chi connectivity index (χ2n) is 9.65. The highest BCUT2D eigenvalue weighted by molar-refractivity contribution is 7.14. The molecule has 0 radical (unpaired) electrons. The fraction of sp³-hybridized carbons (Fsp3) is 0.407. The summed E-state index contributed by atoms with van der Waals surface area (Å²) in [4.78, 5) is 28.8. The molecule has 38 heavy (non-hydrogen) atoms. The minimum absolute atomic E-state index is 0.0260. The number of nitrogens with zero attached hydrogens (tertiary/aromatic N) is 7. The quantitative estimate of drug-likeness (QED) is 0.369. The van der Waals surface area contributed by atoms with E-state index in [2.05, 4.69) is 11.8 Å². The summed E-state index contributed by atoms with van der Waals surface area (Å²) in [5.74, 6) is 1.62. The van der Waals surface area contributed by atoms with Gasteiger partial charge >= 0.3 is 0 Å². The highest BCUT2D eigenvalue weighted by atomic mass is 32.1. The molecule has 2 fully saturated rings. The van der Waals surface area contributed by atoms with E-state index in [1.54, 1.807) is 12.1 Å². The number of thiazole rings is 1. The number of morpholine rings is 1. The minimum Gasteiger partial charge on any atom is -0.378 e. The Labute approximate surface area is 224 Å². The molecule has 9 nitrogen and oxygen atoms in total. The molecule has 3 aromatic heterocycles. The van der Waals surface area contributed by atoms with Crippen LogP contribution in [0.4, 0.5) is 21.2 Å². The van der Waals surface area contributed by atoms with E-state index in [9.17, 15) is 9.18 Å². The van der Waals surface area contributed by atoms with Crippen LogP contribution >= 0.6 is 11.3 Å². The lowest BCUT2D eigenvalue weighted by Crippen LogP contribution is -2.44. The first-order chi connectivity index (χ1) is 18.5. The van der Waals surface area contributed by atoms with Gasteiger partial charge < -0.3 is 19.4 Å². The van der Waals surface area contributed by atoms with E-state index in [0.29, 0.717) is 32.8 Å². The van der Waals surface area contributed by atoms with Crippen molar-refractivity contribution in [2.75, 3.05) is 56.2 Å². The summed E-state index contributed by atoms with van der Waals surface area (Å²) >= 11 is 1.52. The third kappa shape index (κ3) is 4.60. The van der Waals surface area contributed by atoms with Crippen LogP contribution in [-0.2, 0) is 16.0 Å². The Kier molecular flexibility index (Phi) is 6.71. The van der Waals surface area contributed by atoms with Crippen molar-refractivity contribution in [3.8, 4) is 11.3 Å². The number of hydrogen-bond acceptors (Lipinski definition) is 8. The fourth-order valence-electron chi connectivity index (χ4n) is 5.17. The van der Waals surface area contributed by atoms with Crippen LogP contribution in [0.5, 0.6) is 0 Å². The Morgan fingerprint density at radius 1 is 1.13 bits per heavy atom. The zero-order valence-corrected chi connectivity index (χ0v) is 22.3. The van der Waals surface area contributed by atoms with Gasteiger partial charge in [0.25, 0.3) is 0 Å². The number of rotatable bonds is 6. The summed E-state index contributed by atoms with van der Waals surface area (Å²) in [5.41, 5.74) is 3.36. The van der Waals surface area contributed by atoms with Crippen molar-refractivity contribution in [3.05, 3.63) is 53.3 Å². The Hall–Kier alpha value is -3.57. The van der Waals surface area contributed by atoms with Crippen molar-refractivity contribution in [2.45, 2.75) is 19.8 Å². The number of fused-ring (bicyclic) bond motifs is 1. The summed E-state index contributed by atoms with van der Waals surface area (Å²) in [6.45, 7) is 6.08. The molecule has 1 atom stereocenters. The number of carbonyl (C=O) groups excluding carboxylic acids is 1. The van der Waals surface area contributed by atoms with Crippen LogP contribution in [0, 0.1) is 11.7 Å². The third-order valence-corrected chi connectivity index (χ3v) is 8.18. The Morgan fingerprint density at radius 2 is 1.92 bits per heavy atom. The van der Waals surface area contributed by atoms with E-state index in [-0.39, 0.29) is 17.6 Å². The predicted molar refractivity (Wildman–Crippen MR) is 146 cm³/mol. The average Bonchev–Trinajstić information content (AvgIpc) is 3.71. The van der Waals surface area contributed by atoms with Gasteiger partial charge in [-0.1, -0.05) is 6.92 Å². The highest BCUT2D eigenvalue weighted by Crippen LogP contribution is 2.34. The molecule has 2 aliphatic heterocycles. The summed E-state index contributed by atoms with van der Waals surface area (Å²) < 4.78 is 20.7. The van der Waals surface area contributed by atoms with E-state index in [0.717, 1.165) is 58.8 Å². The summed E-state index contributed by atoms with van der Waals surface area (Å²) in [6.07, 6.45) is 1.56. The molecule has 0 bridgehead atoms. The molecule has 0 spiro atoms. The highest BCUT2D eigenvalue weighted by Gasteiger charge is 2.33. The molecule has 11 heteroatoms. The fourth-order valence-corrected chi connectivity index (χ4v) is 5.97. The molecule has 4 aromatic rings. The lowest BCUT2D eigenvalue weighted by molar-refractivity contribution is -0.138. The number of aryl methyl sites for hydroxylation is 1. The summed E-state index contributed by atoms with van der Waals surface area (Å²) in [7, 11) is 1.97. The third-order valence-electron chi connectivity index (χ3n) is 7.27. The lowest BCUT2D eigenvalue weighted by atomic mass is 10.1. The van der Waals surface area contributed by atoms with Gasteiger partial charge in [0.15, 0.2) is 16.6 Å². The van der Waals surface area contributed by atoms with Gasteiger partial charge in [0.2, 0.25) is 5.91 Å². The number of halogens is 1. The second-order valence-corrected chi connectivity index (χ2v) is 10.5. The molecule has 5 heterocycles. The largest absolute Gasteiger partial charge is 0.378 e. The first-order valence-corrected chi connectivity index (χ1v) is 13.8. The minimum atomic E-state index is -0.267. The maximum Gasteiger partial charge on any atom is 0.227 e. The number of hydrogen-bond donors (Lipinski definition) is 0. The molecule has 1 unspecified atom stereocenters. The van der Waals surface area contributed by atoms with Gasteiger partial charge in [0, 0.05) is 44.2 Å². The second kappa shape index (κ2) is 10.3. The number of carbonyl (C=O) groups is 1. The van der Waals surface area contributed by atoms with E-state index in [4.69, 9.17) is 19.8 Å². The molecule has 0 saturated carbocycles. The molecule has 1 aromatic carbocycles. The molecule has 2 saturated heterocycles. The van der Waals surface area contributed by atoms with E-state index in [1.165, 1.54) is 23.5 Å². The molecular formula is C27H30FN7O2S. The van der Waals surface area contributed by atoms with Crippen molar-refractivity contribution in [1.29, 1.82) is 0 Å². The van der Waals surface area contributed by atoms with Crippen LogP contribution in [-0.4, -0.2) is 76.8 Å². The van der Waals surface area contributed by atoms with E-state index in [1.807, 2.05) is 38.9 Å². The van der Waals surface area contributed by atoms with Crippen molar-refractivity contribution in [2.24, 2.45) is 5.92 Å². The van der Waals surface area contributed by atoms with Crippen LogP contribution in [0.1, 0.15) is 19.0 Å². The predicted octanol–water partition coefficient (Wildman–Crippen LogP) is 4.01. The molecule has 0 N–H and O–H groups in total. The van der Waals surface area contributed by atoms with Gasteiger partial charge in [-0.25, -0.2) is 14.4 Å². The zero-order valence-electron chi connectivity index (χ0n) is 21.5. The molecule has 6 rings (SSSR count). The maximum absolute atomic E-state index is 13.4. The maximum atomic E-state index is 13.4. The number of amides is 1. The monoisotopic (exact) mass is 535 g/mol. The van der Waals surface area contributed by atoms with Crippen molar-refractivity contribution < 1.29 is 13.9 Å². The first kappa shape index (κ1) is 24.7.